The average molecular weight is 289 g/mol. The van der Waals surface area contributed by atoms with Crippen LogP contribution in [-0.2, 0) is 0 Å². The van der Waals surface area contributed by atoms with Gasteiger partial charge in [0.25, 0.3) is 0 Å². The zero-order chi connectivity index (χ0) is 14.6. The number of benzene rings is 1. The van der Waals surface area contributed by atoms with Gasteiger partial charge in [-0.2, -0.15) is 13.2 Å². The predicted molar refractivity (Wildman–Crippen MR) is 69.8 cm³/mol. The van der Waals surface area contributed by atoms with Gasteiger partial charge in [-0.1, -0.05) is 12.1 Å². The van der Waals surface area contributed by atoms with E-state index in [1.807, 2.05) is 0 Å². The van der Waals surface area contributed by atoms with Crippen molar-refractivity contribution < 1.29 is 17.6 Å². The standard InChI is InChI=1S/C15H19F4N/c16-13-7-5-12(6-8-13)14(11-3-4-11)20-10-2-1-9-15(17,18)19/h5-8,11,14,20H,1-4,9-10H2. The summed E-state index contributed by atoms with van der Waals surface area (Å²) in [4.78, 5) is 0. The summed E-state index contributed by atoms with van der Waals surface area (Å²) in [6, 6.07) is 6.50. The van der Waals surface area contributed by atoms with Crippen molar-refractivity contribution in [2.45, 2.75) is 44.3 Å². The summed E-state index contributed by atoms with van der Waals surface area (Å²) >= 11 is 0. The summed E-state index contributed by atoms with van der Waals surface area (Å²) < 4.78 is 49.0. The maximum atomic E-state index is 12.9. The Hall–Kier alpha value is -1.10. The Labute approximate surface area is 116 Å². The van der Waals surface area contributed by atoms with Crippen molar-refractivity contribution in [3.63, 3.8) is 0 Å². The highest BCUT2D eigenvalue weighted by Crippen LogP contribution is 2.41. The number of halogens is 4. The first-order valence-corrected chi connectivity index (χ1v) is 7.01. The first-order chi connectivity index (χ1) is 9.46. The maximum absolute atomic E-state index is 12.9. The van der Waals surface area contributed by atoms with E-state index < -0.39 is 12.6 Å². The Morgan fingerprint density at radius 3 is 2.30 bits per heavy atom. The van der Waals surface area contributed by atoms with Gasteiger partial charge in [0.1, 0.15) is 5.82 Å². The first kappa shape index (κ1) is 15.3. The van der Waals surface area contributed by atoms with Crippen molar-refractivity contribution >= 4 is 0 Å². The molecule has 0 heterocycles. The smallest absolute Gasteiger partial charge is 0.310 e. The van der Waals surface area contributed by atoms with Crippen LogP contribution in [0.1, 0.15) is 43.7 Å². The van der Waals surface area contributed by atoms with Crippen molar-refractivity contribution in [1.29, 1.82) is 0 Å². The molecule has 1 atom stereocenters. The molecule has 0 amide bonds. The van der Waals surface area contributed by atoms with Crippen LogP contribution in [0.5, 0.6) is 0 Å². The molecule has 1 N–H and O–H groups in total. The van der Waals surface area contributed by atoms with E-state index in [0.717, 1.165) is 18.4 Å². The maximum Gasteiger partial charge on any atom is 0.389 e. The van der Waals surface area contributed by atoms with Crippen LogP contribution in [0, 0.1) is 11.7 Å². The molecule has 0 bridgehead atoms. The Morgan fingerprint density at radius 2 is 1.75 bits per heavy atom. The highest BCUT2D eigenvalue weighted by Gasteiger charge is 2.32. The van der Waals surface area contributed by atoms with Crippen LogP contribution in [-0.4, -0.2) is 12.7 Å². The fourth-order valence-electron chi connectivity index (χ4n) is 2.36. The van der Waals surface area contributed by atoms with E-state index in [-0.39, 0.29) is 18.3 Å². The van der Waals surface area contributed by atoms with Crippen molar-refractivity contribution in [2.24, 2.45) is 5.92 Å². The molecular weight excluding hydrogens is 270 g/mol. The molecule has 0 aromatic heterocycles. The molecule has 112 valence electrons. The lowest BCUT2D eigenvalue weighted by atomic mass is 10.0. The summed E-state index contributed by atoms with van der Waals surface area (Å²) in [5.41, 5.74) is 1.02. The molecular formula is C15H19F4N. The molecule has 5 heteroatoms. The molecule has 1 aliphatic rings. The quantitative estimate of drug-likeness (QED) is 0.571. The largest absolute Gasteiger partial charge is 0.389 e. The Balaban J connectivity index is 1.77. The fraction of sp³-hybridized carbons (Fsp3) is 0.600. The molecule has 20 heavy (non-hydrogen) atoms. The number of hydrogen-bond donors (Lipinski definition) is 1. The topological polar surface area (TPSA) is 12.0 Å². The summed E-state index contributed by atoms with van der Waals surface area (Å²) in [6.07, 6.45) is -1.89. The molecule has 0 spiro atoms. The van der Waals surface area contributed by atoms with Crippen LogP contribution < -0.4 is 5.32 Å². The van der Waals surface area contributed by atoms with Gasteiger partial charge in [-0.25, -0.2) is 4.39 Å². The Bertz CT molecular complexity index is 409. The average Bonchev–Trinajstić information content (AvgIpc) is 3.18. The molecule has 1 aromatic rings. The SMILES string of the molecule is Fc1ccc(C(NCCCCC(F)(F)F)C2CC2)cc1. The lowest BCUT2D eigenvalue weighted by Crippen LogP contribution is -2.24. The minimum Gasteiger partial charge on any atom is -0.310 e. The normalized spacial score (nSPS) is 17.2. The zero-order valence-electron chi connectivity index (χ0n) is 11.2. The molecule has 1 saturated carbocycles. The van der Waals surface area contributed by atoms with E-state index in [2.05, 4.69) is 5.32 Å². The van der Waals surface area contributed by atoms with Gasteiger partial charge < -0.3 is 5.32 Å². The molecule has 1 unspecified atom stereocenters. The summed E-state index contributed by atoms with van der Waals surface area (Å²) in [5, 5.41) is 3.31. The van der Waals surface area contributed by atoms with Gasteiger partial charge in [-0.05, 0) is 55.8 Å². The van der Waals surface area contributed by atoms with Crippen LogP contribution in [0.2, 0.25) is 0 Å². The van der Waals surface area contributed by atoms with Gasteiger partial charge in [-0.3, -0.25) is 0 Å². The van der Waals surface area contributed by atoms with Gasteiger partial charge in [0.2, 0.25) is 0 Å². The second kappa shape index (κ2) is 6.57. The third-order valence-electron chi connectivity index (χ3n) is 3.57. The third kappa shape index (κ3) is 5.12. The minimum absolute atomic E-state index is 0.140. The van der Waals surface area contributed by atoms with Gasteiger partial charge in [0.15, 0.2) is 0 Å². The first-order valence-electron chi connectivity index (χ1n) is 7.01. The summed E-state index contributed by atoms with van der Waals surface area (Å²) in [5.74, 6) is 0.261. The number of rotatable bonds is 7. The van der Waals surface area contributed by atoms with E-state index in [0.29, 0.717) is 18.9 Å². The van der Waals surface area contributed by atoms with E-state index in [4.69, 9.17) is 0 Å². The number of alkyl halides is 3. The molecule has 1 aliphatic carbocycles. The number of hydrogen-bond acceptors (Lipinski definition) is 1. The molecule has 0 aliphatic heterocycles. The Morgan fingerprint density at radius 1 is 1.10 bits per heavy atom. The van der Waals surface area contributed by atoms with Crippen LogP contribution in [0.3, 0.4) is 0 Å². The molecule has 1 fully saturated rings. The second-order valence-electron chi connectivity index (χ2n) is 5.39. The number of unbranched alkanes of at least 4 members (excludes halogenated alkanes) is 1. The molecule has 0 radical (unpaired) electrons. The molecule has 2 rings (SSSR count). The lowest BCUT2D eigenvalue weighted by molar-refractivity contribution is -0.135. The van der Waals surface area contributed by atoms with Crippen molar-refractivity contribution in [3.8, 4) is 0 Å². The van der Waals surface area contributed by atoms with Crippen molar-refractivity contribution in [1.82, 2.24) is 5.32 Å². The van der Waals surface area contributed by atoms with E-state index in [1.54, 1.807) is 12.1 Å². The molecule has 0 saturated heterocycles. The van der Waals surface area contributed by atoms with Crippen LogP contribution in [0.4, 0.5) is 17.6 Å². The fourth-order valence-corrected chi connectivity index (χ4v) is 2.36. The zero-order valence-corrected chi connectivity index (χ0v) is 11.2. The second-order valence-corrected chi connectivity index (χ2v) is 5.39. The monoisotopic (exact) mass is 289 g/mol. The highest BCUT2D eigenvalue weighted by atomic mass is 19.4. The summed E-state index contributed by atoms with van der Waals surface area (Å²) in [6.45, 7) is 0.564. The molecule has 1 nitrogen and oxygen atoms in total. The third-order valence-corrected chi connectivity index (χ3v) is 3.57. The van der Waals surface area contributed by atoms with Crippen LogP contribution in [0.15, 0.2) is 24.3 Å². The molecule has 1 aromatic carbocycles. The van der Waals surface area contributed by atoms with Gasteiger partial charge in [-0.15, -0.1) is 0 Å². The highest BCUT2D eigenvalue weighted by molar-refractivity contribution is 5.21. The van der Waals surface area contributed by atoms with Crippen LogP contribution in [0.25, 0.3) is 0 Å². The van der Waals surface area contributed by atoms with Gasteiger partial charge >= 0.3 is 6.18 Å². The van der Waals surface area contributed by atoms with Crippen molar-refractivity contribution in [3.05, 3.63) is 35.6 Å². The predicted octanol–water partition coefficient (Wildman–Crippen LogP) is 4.60. The lowest BCUT2D eigenvalue weighted by Gasteiger charge is -2.19. The van der Waals surface area contributed by atoms with E-state index in [1.165, 1.54) is 12.1 Å². The summed E-state index contributed by atoms with van der Waals surface area (Å²) in [7, 11) is 0. The van der Waals surface area contributed by atoms with Crippen LogP contribution >= 0.6 is 0 Å². The van der Waals surface area contributed by atoms with Crippen molar-refractivity contribution in [2.75, 3.05) is 6.54 Å². The van der Waals surface area contributed by atoms with Gasteiger partial charge in [0.05, 0.1) is 0 Å². The van der Waals surface area contributed by atoms with Gasteiger partial charge in [0, 0.05) is 12.5 Å². The van der Waals surface area contributed by atoms with E-state index >= 15 is 0 Å². The Kier molecular flexibility index (Phi) is 5.02. The van der Waals surface area contributed by atoms with E-state index in [9.17, 15) is 17.6 Å². The number of nitrogens with one attached hydrogen (secondary N) is 1. The minimum atomic E-state index is -4.06.